The van der Waals surface area contributed by atoms with Gasteiger partial charge in [0.15, 0.2) is 0 Å². The molecular weight excluding hydrogens is 406 g/mol. The first-order chi connectivity index (χ1) is 14.0. The molecule has 1 heterocycles. The highest BCUT2D eigenvalue weighted by molar-refractivity contribution is 7.15. The third-order valence-corrected chi connectivity index (χ3v) is 5.60. The number of ether oxygens (including phenoxy) is 1. The quantitative estimate of drug-likeness (QED) is 0.447. The summed E-state index contributed by atoms with van der Waals surface area (Å²) >= 11 is 7.36. The van der Waals surface area contributed by atoms with E-state index in [-0.39, 0.29) is 5.91 Å². The molecule has 1 unspecified atom stereocenters. The van der Waals surface area contributed by atoms with Crippen LogP contribution in [0, 0.1) is 6.92 Å². The minimum Gasteiger partial charge on any atom is -0.493 e. The Hall–Kier alpha value is -2.44. The number of hydrogen-bond acceptors (Lipinski definition) is 5. The van der Waals surface area contributed by atoms with E-state index in [0.717, 1.165) is 22.7 Å². The Morgan fingerprint density at radius 2 is 2.00 bits per heavy atom. The number of nitrogens with zero attached hydrogens (tertiary/aromatic N) is 2. The van der Waals surface area contributed by atoms with Gasteiger partial charge in [-0.1, -0.05) is 60.2 Å². The fourth-order valence-electron chi connectivity index (χ4n) is 2.92. The third kappa shape index (κ3) is 6.54. The Bertz CT molecular complexity index is 946. The van der Waals surface area contributed by atoms with Crippen LogP contribution >= 0.6 is 22.9 Å². The van der Waals surface area contributed by atoms with Crippen molar-refractivity contribution in [1.29, 1.82) is 0 Å². The van der Waals surface area contributed by atoms with Gasteiger partial charge in [-0.05, 0) is 48.6 Å². The molecule has 2 aromatic carbocycles. The van der Waals surface area contributed by atoms with Gasteiger partial charge >= 0.3 is 0 Å². The maximum Gasteiger partial charge on any atom is 0.226 e. The van der Waals surface area contributed by atoms with Crippen molar-refractivity contribution in [3.05, 3.63) is 69.7 Å². The number of hydrogen-bond donors (Lipinski definition) is 1. The van der Waals surface area contributed by atoms with Crippen LogP contribution in [0.2, 0.25) is 5.02 Å². The second kappa shape index (κ2) is 10.4. The van der Waals surface area contributed by atoms with Crippen LogP contribution in [0.3, 0.4) is 0 Å². The Morgan fingerprint density at radius 1 is 1.21 bits per heavy atom. The molecule has 0 fully saturated rings. The minimum absolute atomic E-state index is 0.0831. The molecule has 0 spiro atoms. The fourth-order valence-corrected chi connectivity index (χ4v) is 4.03. The average molecular weight is 430 g/mol. The molecule has 0 bridgehead atoms. The topological polar surface area (TPSA) is 64.1 Å². The lowest BCUT2D eigenvalue weighted by Crippen LogP contribution is -2.12. The number of anilines is 1. The maximum absolute atomic E-state index is 12.1. The Morgan fingerprint density at radius 3 is 2.76 bits per heavy atom. The molecule has 0 aliphatic rings. The van der Waals surface area contributed by atoms with E-state index in [1.807, 2.05) is 37.3 Å². The summed E-state index contributed by atoms with van der Waals surface area (Å²) in [5.41, 5.74) is 2.25. The first-order valence-electron chi connectivity index (χ1n) is 9.57. The maximum atomic E-state index is 12.1. The average Bonchev–Trinajstić information content (AvgIpc) is 3.14. The van der Waals surface area contributed by atoms with Crippen molar-refractivity contribution in [3.8, 4) is 5.75 Å². The van der Waals surface area contributed by atoms with Gasteiger partial charge in [0.05, 0.1) is 6.61 Å². The molecule has 29 heavy (non-hydrogen) atoms. The van der Waals surface area contributed by atoms with E-state index in [1.165, 1.54) is 16.9 Å². The monoisotopic (exact) mass is 429 g/mol. The minimum atomic E-state index is -0.0831. The lowest BCUT2D eigenvalue weighted by atomic mass is 9.98. The van der Waals surface area contributed by atoms with E-state index in [9.17, 15) is 4.79 Å². The third-order valence-electron chi connectivity index (χ3n) is 4.51. The summed E-state index contributed by atoms with van der Waals surface area (Å²) in [6.07, 6.45) is 1.78. The summed E-state index contributed by atoms with van der Waals surface area (Å²) in [4.78, 5) is 12.1. The predicted octanol–water partition coefficient (Wildman–Crippen LogP) is 5.64. The number of carbonyl (C=O) groups is 1. The number of aromatic nitrogens is 2. The highest BCUT2D eigenvalue weighted by Gasteiger charge is 2.12. The van der Waals surface area contributed by atoms with E-state index < -0.39 is 0 Å². The number of aryl methyl sites for hydroxylation is 1. The standard InChI is InChI=1S/C22H24ClN3O2S/c1-15(17-7-4-3-5-8-17)14-21-25-26-22(29-21)24-20(27)9-6-12-28-19-11-10-18(23)13-16(19)2/h3-5,7-8,10-11,13,15H,6,9,12,14H2,1-2H3,(H,24,26,27). The molecule has 0 radical (unpaired) electrons. The molecule has 1 amide bonds. The molecule has 1 aromatic heterocycles. The Labute approximate surface area is 180 Å². The van der Waals surface area contributed by atoms with Crippen molar-refractivity contribution in [1.82, 2.24) is 10.2 Å². The van der Waals surface area contributed by atoms with Crippen LogP contribution in [0.1, 0.15) is 41.8 Å². The first kappa shape index (κ1) is 21.3. The number of carbonyl (C=O) groups excluding carboxylic acids is 1. The molecule has 3 aromatic rings. The molecule has 1 N–H and O–H groups in total. The molecule has 0 saturated carbocycles. The van der Waals surface area contributed by atoms with E-state index in [4.69, 9.17) is 16.3 Å². The van der Waals surface area contributed by atoms with Crippen molar-refractivity contribution in [2.75, 3.05) is 11.9 Å². The molecule has 5 nitrogen and oxygen atoms in total. The van der Waals surface area contributed by atoms with Crippen molar-refractivity contribution in [2.24, 2.45) is 0 Å². The highest BCUT2D eigenvalue weighted by Crippen LogP contribution is 2.24. The van der Waals surface area contributed by atoms with Crippen LogP contribution < -0.4 is 10.1 Å². The lowest BCUT2D eigenvalue weighted by molar-refractivity contribution is -0.116. The highest BCUT2D eigenvalue weighted by atomic mass is 35.5. The molecule has 0 saturated heterocycles. The summed E-state index contributed by atoms with van der Waals surface area (Å²) in [5.74, 6) is 1.05. The molecule has 152 valence electrons. The predicted molar refractivity (Wildman–Crippen MR) is 118 cm³/mol. The largest absolute Gasteiger partial charge is 0.493 e. The zero-order valence-corrected chi connectivity index (χ0v) is 18.1. The smallest absolute Gasteiger partial charge is 0.226 e. The van der Waals surface area contributed by atoms with Gasteiger partial charge in [-0.3, -0.25) is 4.79 Å². The van der Waals surface area contributed by atoms with E-state index in [0.29, 0.717) is 35.5 Å². The molecule has 1 atom stereocenters. The normalized spacial score (nSPS) is 11.8. The van der Waals surface area contributed by atoms with Gasteiger partial charge in [-0.2, -0.15) is 0 Å². The Kier molecular flexibility index (Phi) is 7.61. The van der Waals surface area contributed by atoms with E-state index >= 15 is 0 Å². The number of benzene rings is 2. The van der Waals surface area contributed by atoms with Crippen molar-refractivity contribution < 1.29 is 9.53 Å². The van der Waals surface area contributed by atoms with Crippen LogP contribution in [0.5, 0.6) is 5.75 Å². The van der Waals surface area contributed by atoms with E-state index in [2.05, 4.69) is 34.6 Å². The van der Waals surface area contributed by atoms with Gasteiger partial charge in [0, 0.05) is 17.9 Å². The van der Waals surface area contributed by atoms with Gasteiger partial charge in [0.25, 0.3) is 0 Å². The van der Waals surface area contributed by atoms with Crippen LogP contribution in [-0.4, -0.2) is 22.7 Å². The summed E-state index contributed by atoms with van der Waals surface area (Å²) in [5, 5.41) is 13.3. The Balaban J connectivity index is 1.40. The fraction of sp³-hybridized carbons (Fsp3) is 0.318. The molecular formula is C22H24ClN3O2S. The number of nitrogens with one attached hydrogen (secondary N) is 1. The summed E-state index contributed by atoms with van der Waals surface area (Å²) in [6, 6.07) is 15.8. The molecule has 0 aliphatic heterocycles. The molecule has 0 aliphatic carbocycles. The van der Waals surface area contributed by atoms with Gasteiger partial charge in [-0.25, -0.2) is 0 Å². The van der Waals surface area contributed by atoms with Crippen molar-refractivity contribution in [2.45, 2.75) is 39.0 Å². The van der Waals surface area contributed by atoms with Gasteiger partial charge in [0.2, 0.25) is 11.0 Å². The second-order valence-corrected chi connectivity index (χ2v) is 8.43. The number of rotatable bonds is 9. The molecule has 7 heteroatoms. The summed E-state index contributed by atoms with van der Waals surface area (Å²) in [6.45, 7) is 4.57. The summed E-state index contributed by atoms with van der Waals surface area (Å²) < 4.78 is 5.72. The van der Waals surface area contributed by atoms with Gasteiger partial charge < -0.3 is 10.1 Å². The number of halogens is 1. The molecule has 3 rings (SSSR count). The van der Waals surface area contributed by atoms with Gasteiger partial charge in [0.1, 0.15) is 10.8 Å². The van der Waals surface area contributed by atoms with E-state index in [1.54, 1.807) is 6.07 Å². The van der Waals surface area contributed by atoms with Gasteiger partial charge in [-0.15, -0.1) is 10.2 Å². The van der Waals surface area contributed by atoms with Crippen LogP contribution in [0.4, 0.5) is 5.13 Å². The van der Waals surface area contributed by atoms with Crippen molar-refractivity contribution >= 4 is 34.0 Å². The first-order valence-corrected chi connectivity index (χ1v) is 10.8. The summed E-state index contributed by atoms with van der Waals surface area (Å²) in [7, 11) is 0. The lowest BCUT2D eigenvalue weighted by Gasteiger charge is -2.09. The zero-order chi connectivity index (χ0) is 20.6. The number of amides is 1. The van der Waals surface area contributed by atoms with Crippen LogP contribution in [0.15, 0.2) is 48.5 Å². The van der Waals surface area contributed by atoms with Crippen LogP contribution in [-0.2, 0) is 11.2 Å². The zero-order valence-electron chi connectivity index (χ0n) is 16.5. The van der Waals surface area contributed by atoms with Crippen molar-refractivity contribution in [3.63, 3.8) is 0 Å². The second-order valence-electron chi connectivity index (χ2n) is 6.93. The van der Waals surface area contributed by atoms with Crippen LogP contribution in [0.25, 0.3) is 0 Å². The SMILES string of the molecule is Cc1cc(Cl)ccc1OCCCC(=O)Nc1nnc(CC(C)c2ccccc2)s1.